The lowest BCUT2D eigenvalue weighted by Gasteiger charge is -2.14. The van der Waals surface area contributed by atoms with Gasteiger partial charge in [-0.25, -0.2) is 0 Å². The number of amides is 1. The third-order valence-electron chi connectivity index (χ3n) is 5.26. The van der Waals surface area contributed by atoms with Gasteiger partial charge in [0.05, 0.1) is 25.9 Å². The first-order valence-electron chi connectivity index (χ1n) is 11.4. The molecule has 0 unspecified atom stereocenters. The van der Waals surface area contributed by atoms with Crippen molar-refractivity contribution in [2.45, 2.75) is 33.2 Å². The van der Waals surface area contributed by atoms with Gasteiger partial charge >= 0.3 is 0 Å². The average molecular weight is 448 g/mol. The molecule has 3 rings (SSSR count). The quantitative estimate of drug-likeness (QED) is 0.389. The number of benzene rings is 3. The maximum absolute atomic E-state index is 12.9. The Morgan fingerprint density at radius 3 is 2.30 bits per heavy atom. The summed E-state index contributed by atoms with van der Waals surface area (Å²) in [4.78, 5) is 12.9. The smallest absolute Gasteiger partial charge is 0.255 e. The van der Waals surface area contributed by atoms with Crippen molar-refractivity contribution in [2.75, 3.05) is 20.3 Å². The van der Waals surface area contributed by atoms with E-state index in [2.05, 4.69) is 31.3 Å². The van der Waals surface area contributed by atoms with Gasteiger partial charge in [-0.15, -0.1) is 0 Å². The maximum Gasteiger partial charge on any atom is 0.255 e. The number of ether oxygens (including phenoxy) is 3. The lowest BCUT2D eigenvalue weighted by atomic mass is 10.1. The minimum Gasteiger partial charge on any atom is -0.493 e. The molecule has 0 radical (unpaired) electrons. The third-order valence-corrected chi connectivity index (χ3v) is 5.26. The van der Waals surface area contributed by atoms with E-state index in [9.17, 15) is 4.79 Å². The van der Waals surface area contributed by atoms with Crippen molar-refractivity contribution >= 4 is 5.91 Å². The van der Waals surface area contributed by atoms with Gasteiger partial charge in [-0.2, -0.15) is 0 Å². The predicted octanol–water partition coefficient (Wildman–Crippen LogP) is 5.67. The van der Waals surface area contributed by atoms with E-state index >= 15 is 0 Å². The summed E-state index contributed by atoms with van der Waals surface area (Å²) in [5.74, 6) is 2.36. The van der Waals surface area contributed by atoms with Gasteiger partial charge in [0.25, 0.3) is 5.91 Å². The lowest BCUT2D eigenvalue weighted by molar-refractivity contribution is 0.0947. The van der Waals surface area contributed by atoms with Crippen LogP contribution < -0.4 is 19.5 Å². The summed E-state index contributed by atoms with van der Waals surface area (Å²) in [5, 5.41) is 2.98. The van der Waals surface area contributed by atoms with E-state index in [0.29, 0.717) is 48.5 Å². The molecule has 1 amide bonds. The first-order chi connectivity index (χ1) is 16.1. The van der Waals surface area contributed by atoms with Crippen LogP contribution in [0.3, 0.4) is 0 Å². The Balaban J connectivity index is 1.57. The molecule has 174 valence electrons. The molecule has 0 aliphatic rings. The van der Waals surface area contributed by atoms with Gasteiger partial charge in [0, 0.05) is 13.0 Å². The first-order valence-corrected chi connectivity index (χ1v) is 11.4. The predicted molar refractivity (Wildman–Crippen MR) is 131 cm³/mol. The molecule has 0 heterocycles. The summed E-state index contributed by atoms with van der Waals surface area (Å²) in [6.45, 7) is 5.85. The largest absolute Gasteiger partial charge is 0.493 e. The molecular formula is C28H33NO4. The molecule has 33 heavy (non-hydrogen) atoms. The van der Waals surface area contributed by atoms with Crippen molar-refractivity contribution in [2.24, 2.45) is 5.92 Å². The highest BCUT2D eigenvalue weighted by molar-refractivity contribution is 5.96. The summed E-state index contributed by atoms with van der Waals surface area (Å²) in [5.41, 5.74) is 2.65. The molecule has 5 nitrogen and oxygen atoms in total. The number of hydrogen-bond acceptors (Lipinski definition) is 4. The van der Waals surface area contributed by atoms with Crippen molar-refractivity contribution in [3.8, 4) is 17.2 Å². The molecule has 3 aromatic rings. The van der Waals surface area contributed by atoms with E-state index in [0.717, 1.165) is 18.4 Å². The summed E-state index contributed by atoms with van der Waals surface area (Å²) >= 11 is 0. The molecule has 0 atom stereocenters. The topological polar surface area (TPSA) is 56.8 Å². The Hall–Kier alpha value is -3.47. The van der Waals surface area contributed by atoms with Crippen LogP contribution in [-0.2, 0) is 13.0 Å². The fourth-order valence-corrected chi connectivity index (χ4v) is 3.33. The van der Waals surface area contributed by atoms with Crippen LogP contribution in [-0.4, -0.2) is 26.2 Å². The molecule has 0 spiro atoms. The highest BCUT2D eigenvalue weighted by Gasteiger charge is 2.13. The Morgan fingerprint density at radius 2 is 1.55 bits per heavy atom. The molecule has 1 N–H and O–H groups in total. The van der Waals surface area contributed by atoms with Crippen molar-refractivity contribution < 1.29 is 19.0 Å². The summed E-state index contributed by atoms with van der Waals surface area (Å²) in [7, 11) is 1.62. The van der Waals surface area contributed by atoms with Gasteiger partial charge in [-0.05, 0) is 47.7 Å². The van der Waals surface area contributed by atoms with Crippen LogP contribution in [0.2, 0.25) is 0 Å². The summed E-state index contributed by atoms with van der Waals surface area (Å²) in [6, 6.07) is 23.2. The highest BCUT2D eigenvalue weighted by atomic mass is 16.5. The molecule has 0 fully saturated rings. The molecular weight excluding hydrogens is 414 g/mol. The monoisotopic (exact) mass is 447 g/mol. The van der Waals surface area contributed by atoms with E-state index in [1.165, 1.54) is 5.56 Å². The zero-order valence-electron chi connectivity index (χ0n) is 19.7. The average Bonchev–Trinajstić information content (AvgIpc) is 2.84. The van der Waals surface area contributed by atoms with Crippen molar-refractivity contribution in [3.63, 3.8) is 0 Å². The number of para-hydroxylation sites is 1. The van der Waals surface area contributed by atoms with Gasteiger partial charge in [0.2, 0.25) is 0 Å². The number of rotatable bonds is 12. The molecule has 3 aromatic carbocycles. The first kappa shape index (κ1) is 24.2. The number of hydrogen-bond donors (Lipinski definition) is 1. The van der Waals surface area contributed by atoms with Crippen LogP contribution in [0.15, 0.2) is 72.8 Å². The number of methoxy groups -OCH3 is 1. The fraction of sp³-hybridized carbons (Fsp3) is 0.321. The zero-order valence-corrected chi connectivity index (χ0v) is 19.7. The molecule has 0 bridgehead atoms. The minimum atomic E-state index is -0.179. The van der Waals surface area contributed by atoms with E-state index < -0.39 is 0 Å². The van der Waals surface area contributed by atoms with E-state index in [1.54, 1.807) is 13.2 Å². The second kappa shape index (κ2) is 12.5. The van der Waals surface area contributed by atoms with E-state index in [-0.39, 0.29) is 5.91 Å². The van der Waals surface area contributed by atoms with Crippen molar-refractivity contribution in [3.05, 3.63) is 89.5 Å². The van der Waals surface area contributed by atoms with Crippen molar-refractivity contribution in [1.29, 1.82) is 0 Å². The highest BCUT2D eigenvalue weighted by Crippen LogP contribution is 2.28. The van der Waals surface area contributed by atoms with E-state index in [4.69, 9.17) is 14.2 Å². The Kier molecular flexibility index (Phi) is 9.19. The molecule has 5 heteroatoms. The summed E-state index contributed by atoms with van der Waals surface area (Å²) in [6.07, 6.45) is 1.76. The standard InChI is InChI=1S/C28H33NO4/c1-21(2)15-17-33-26-14-13-23(19-27(26)31-3)20-29-28(30)24-11-7-8-12-25(24)32-18-16-22-9-5-4-6-10-22/h4-14,19,21H,15-18,20H2,1-3H3,(H,29,30). The van der Waals surface area contributed by atoms with Crippen LogP contribution in [0.1, 0.15) is 41.8 Å². The van der Waals surface area contributed by atoms with Crippen LogP contribution in [0.5, 0.6) is 17.2 Å². The van der Waals surface area contributed by atoms with Gasteiger partial charge < -0.3 is 19.5 Å². The Labute approximate surface area is 196 Å². The Morgan fingerprint density at radius 1 is 0.818 bits per heavy atom. The molecule has 0 saturated carbocycles. The molecule has 0 aromatic heterocycles. The zero-order chi connectivity index (χ0) is 23.5. The van der Waals surface area contributed by atoms with Gasteiger partial charge in [0.15, 0.2) is 11.5 Å². The lowest BCUT2D eigenvalue weighted by Crippen LogP contribution is -2.23. The van der Waals surface area contributed by atoms with Gasteiger partial charge in [-0.1, -0.05) is 62.4 Å². The second-order valence-corrected chi connectivity index (χ2v) is 8.28. The number of nitrogens with one attached hydrogen (secondary N) is 1. The Bertz CT molecular complexity index is 1020. The SMILES string of the molecule is COc1cc(CNC(=O)c2ccccc2OCCc2ccccc2)ccc1OCCC(C)C. The number of carbonyl (C=O) groups excluding carboxylic acids is 1. The minimum absolute atomic E-state index is 0.179. The van der Waals surface area contributed by atoms with Crippen LogP contribution in [0.4, 0.5) is 0 Å². The van der Waals surface area contributed by atoms with Gasteiger partial charge in [-0.3, -0.25) is 4.79 Å². The van der Waals surface area contributed by atoms with Gasteiger partial charge in [0.1, 0.15) is 5.75 Å². The molecule has 0 aliphatic carbocycles. The maximum atomic E-state index is 12.9. The van der Waals surface area contributed by atoms with Crippen molar-refractivity contribution in [1.82, 2.24) is 5.32 Å². The molecule has 0 aliphatic heterocycles. The number of carbonyl (C=O) groups is 1. The normalized spacial score (nSPS) is 10.7. The van der Waals surface area contributed by atoms with Crippen LogP contribution >= 0.6 is 0 Å². The van der Waals surface area contributed by atoms with Crippen LogP contribution in [0, 0.1) is 5.92 Å². The van der Waals surface area contributed by atoms with Crippen LogP contribution in [0.25, 0.3) is 0 Å². The third kappa shape index (κ3) is 7.56. The summed E-state index contributed by atoms with van der Waals surface area (Å²) < 4.78 is 17.2. The molecule has 0 saturated heterocycles. The second-order valence-electron chi connectivity index (χ2n) is 8.28. The van der Waals surface area contributed by atoms with E-state index in [1.807, 2.05) is 54.6 Å². The fourth-order valence-electron chi connectivity index (χ4n) is 3.33.